The summed E-state index contributed by atoms with van der Waals surface area (Å²) in [5.74, 6) is 0. The van der Waals surface area contributed by atoms with E-state index in [2.05, 4.69) is 45.8 Å². The largest absolute Gasteiger partial charge is 0.495 e. The van der Waals surface area contributed by atoms with E-state index in [0.29, 0.717) is 0 Å². The van der Waals surface area contributed by atoms with Gasteiger partial charge >= 0.3 is 7.12 Å². The smallest absolute Gasteiger partial charge is 0.399 e. The Morgan fingerprint density at radius 1 is 1.20 bits per heavy atom. The molecule has 0 spiro atoms. The van der Waals surface area contributed by atoms with Crippen molar-refractivity contribution in [3.05, 3.63) is 30.2 Å². The number of pyridine rings is 1. The number of hydrogen-bond donors (Lipinski definition) is 0. The van der Waals surface area contributed by atoms with E-state index >= 15 is 0 Å². The molecule has 3 heterocycles. The quantitative estimate of drug-likeness (QED) is 0.786. The van der Waals surface area contributed by atoms with Crippen LogP contribution in [-0.4, -0.2) is 27.7 Å². The first-order valence-electron chi connectivity index (χ1n) is 7.15. The number of aryl methyl sites for hydroxylation is 1. The number of rotatable bonds is 2. The number of hydrogen-bond acceptors (Lipinski definition) is 3. The molecule has 0 amide bonds. The first-order chi connectivity index (χ1) is 9.32. The molecule has 4 nitrogen and oxygen atoms in total. The molecule has 1 fully saturated rings. The van der Waals surface area contributed by atoms with Gasteiger partial charge in [0.15, 0.2) is 0 Å². The van der Waals surface area contributed by atoms with Crippen molar-refractivity contribution in [1.82, 2.24) is 9.38 Å². The van der Waals surface area contributed by atoms with E-state index in [1.807, 2.05) is 22.7 Å². The molecular formula is C15H21BN2O2. The van der Waals surface area contributed by atoms with Crippen LogP contribution < -0.4 is 5.46 Å². The standard InChI is InChI=1S/C15H21BN2O2/c1-6-12-10-18-8-7-11(9-13(18)17-12)16-19-14(2,3)15(4,5)20-16/h7-10H,6H2,1-5H3. The molecule has 2 aromatic heterocycles. The summed E-state index contributed by atoms with van der Waals surface area (Å²) in [6.07, 6.45) is 5.01. The van der Waals surface area contributed by atoms with Crippen molar-refractivity contribution in [3.8, 4) is 0 Å². The van der Waals surface area contributed by atoms with Crippen LogP contribution in [0.5, 0.6) is 0 Å². The lowest BCUT2D eigenvalue weighted by Gasteiger charge is -2.32. The van der Waals surface area contributed by atoms with E-state index in [1.165, 1.54) is 0 Å². The topological polar surface area (TPSA) is 35.8 Å². The van der Waals surface area contributed by atoms with Crippen LogP contribution in [0, 0.1) is 0 Å². The lowest BCUT2D eigenvalue weighted by Crippen LogP contribution is -2.41. The van der Waals surface area contributed by atoms with E-state index in [-0.39, 0.29) is 18.3 Å². The molecule has 0 radical (unpaired) electrons. The fraction of sp³-hybridized carbons (Fsp3) is 0.533. The van der Waals surface area contributed by atoms with Crippen molar-refractivity contribution in [3.63, 3.8) is 0 Å². The van der Waals surface area contributed by atoms with Crippen molar-refractivity contribution >= 4 is 18.2 Å². The SMILES string of the molecule is CCc1cn2ccc(B3OC(C)(C)C(C)(C)O3)cc2n1. The van der Waals surface area contributed by atoms with Gasteiger partial charge in [-0.2, -0.15) is 0 Å². The third-order valence-corrected chi connectivity index (χ3v) is 4.42. The fourth-order valence-electron chi connectivity index (χ4n) is 2.35. The predicted molar refractivity (Wildman–Crippen MR) is 80.3 cm³/mol. The van der Waals surface area contributed by atoms with Crippen LogP contribution in [0.4, 0.5) is 0 Å². The van der Waals surface area contributed by atoms with Crippen LogP contribution in [0.2, 0.25) is 0 Å². The number of nitrogens with zero attached hydrogens (tertiary/aromatic N) is 2. The lowest BCUT2D eigenvalue weighted by molar-refractivity contribution is 0.00578. The number of fused-ring (bicyclic) bond motifs is 1. The Balaban J connectivity index is 1.95. The van der Waals surface area contributed by atoms with Gasteiger partial charge in [-0.25, -0.2) is 4.98 Å². The highest BCUT2D eigenvalue weighted by Crippen LogP contribution is 2.36. The highest BCUT2D eigenvalue weighted by Gasteiger charge is 2.51. The van der Waals surface area contributed by atoms with E-state index in [9.17, 15) is 0 Å². The summed E-state index contributed by atoms with van der Waals surface area (Å²) in [7, 11) is -0.327. The molecule has 1 aliphatic rings. The summed E-state index contributed by atoms with van der Waals surface area (Å²) >= 11 is 0. The molecule has 20 heavy (non-hydrogen) atoms. The highest BCUT2D eigenvalue weighted by atomic mass is 16.7. The predicted octanol–water partition coefficient (Wildman–Crippen LogP) is 2.20. The van der Waals surface area contributed by atoms with Crippen molar-refractivity contribution in [2.45, 2.75) is 52.2 Å². The molecule has 1 saturated heterocycles. The van der Waals surface area contributed by atoms with Gasteiger partial charge in [-0.05, 0) is 51.7 Å². The molecule has 0 aromatic carbocycles. The summed E-state index contributed by atoms with van der Waals surface area (Å²) in [5, 5.41) is 0. The molecule has 106 valence electrons. The Morgan fingerprint density at radius 2 is 1.85 bits per heavy atom. The van der Waals surface area contributed by atoms with Gasteiger partial charge in [0, 0.05) is 12.4 Å². The van der Waals surface area contributed by atoms with Gasteiger partial charge in [0.2, 0.25) is 0 Å². The normalized spacial score (nSPS) is 20.8. The van der Waals surface area contributed by atoms with E-state index < -0.39 is 0 Å². The fourth-order valence-corrected chi connectivity index (χ4v) is 2.35. The molecule has 0 unspecified atom stereocenters. The second kappa shape index (κ2) is 4.33. The van der Waals surface area contributed by atoms with Crippen LogP contribution in [0.25, 0.3) is 5.65 Å². The average molecular weight is 272 g/mol. The molecule has 0 N–H and O–H groups in total. The Bertz CT molecular complexity index is 632. The molecule has 0 bridgehead atoms. The van der Waals surface area contributed by atoms with Crippen molar-refractivity contribution in [2.75, 3.05) is 0 Å². The minimum Gasteiger partial charge on any atom is -0.399 e. The molecule has 5 heteroatoms. The number of imidazole rings is 1. The summed E-state index contributed by atoms with van der Waals surface area (Å²) in [5.41, 5.74) is 2.43. The van der Waals surface area contributed by atoms with E-state index in [0.717, 1.165) is 23.2 Å². The zero-order valence-electron chi connectivity index (χ0n) is 12.8. The van der Waals surface area contributed by atoms with Gasteiger partial charge in [-0.15, -0.1) is 0 Å². The average Bonchev–Trinajstić information content (AvgIpc) is 2.87. The molecule has 0 aliphatic carbocycles. The Hall–Kier alpha value is -1.33. The van der Waals surface area contributed by atoms with Crippen LogP contribution in [0.3, 0.4) is 0 Å². The summed E-state index contributed by atoms with van der Waals surface area (Å²) in [6.45, 7) is 10.4. The molecule has 3 rings (SSSR count). The van der Waals surface area contributed by atoms with Gasteiger partial charge < -0.3 is 13.7 Å². The maximum Gasteiger partial charge on any atom is 0.495 e. The van der Waals surface area contributed by atoms with Gasteiger partial charge in [0.05, 0.1) is 16.9 Å². The van der Waals surface area contributed by atoms with Gasteiger partial charge in [-0.1, -0.05) is 6.92 Å². The minimum atomic E-state index is -0.327. The van der Waals surface area contributed by atoms with Crippen LogP contribution in [-0.2, 0) is 15.7 Å². The Labute approximate surface area is 120 Å². The van der Waals surface area contributed by atoms with E-state index in [1.54, 1.807) is 0 Å². The first-order valence-corrected chi connectivity index (χ1v) is 7.15. The monoisotopic (exact) mass is 272 g/mol. The third-order valence-electron chi connectivity index (χ3n) is 4.42. The van der Waals surface area contributed by atoms with Gasteiger partial charge in [0.1, 0.15) is 5.65 Å². The van der Waals surface area contributed by atoms with Gasteiger partial charge in [0.25, 0.3) is 0 Å². The Kier molecular flexibility index (Phi) is 2.96. The van der Waals surface area contributed by atoms with E-state index in [4.69, 9.17) is 9.31 Å². The molecule has 1 aliphatic heterocycles. The molecular weight excluding hydrogens is 251 g/mol. The zero-order chi connectivity index (χ0) is 14.5. The highest BCUT2D eigenvalue weighted by molar-refractivity contribution is 6.62. The third kappa shape index (κ3) is 2.05. The van der Waals surface area contributed by atoms with Crippen LogP contribution in [0.15, 0.2) is 24.5 Å². The maximum atomic E-state index is 6.07. The van der Waals surface area contributed by atoms with Crippen molar-refractivity contribution in [2.24, 2.45) is 0 Å². The van der Waals surface area contributed by atoms with Gasteiger partial charge in [-0.3, -0.25) is 0 Å². The minimum absolute atomic E-state index is 0.312. The second-order valence-electron chi connectivity index (χ2n) is 6.40. The summed E-state index contributed by atoms with van der Waals surface area (Å²) in [4.78, 5) is 4.59. The Morgan fingerprint density at radius 3 is 2.45 bits per heavy atom. The van der Waals surface area contributed by atoms with Crippen molar-refractivity contribution < 1.29 is 9.31 Å². The summed E-state index contributed by atoms with van der Waals surface area (Å²) < 4.78 is 14.2. The van der Waals surface area contributed by atoms with Crippen molar-refractivity contribution in [1.29, 1.82) is 0 Å². The molecule has 0 atom stereocenters. The van der Waals surface area contributed by atoms with Crippen LogP contribution >= 0.6 is 0 Å². The maximum absolute atomic E-state index is 6.07. The first kappa shape index (κ1) is 13.6. The molecule has 0 saturated carbocycles. The molecule has 2 aromatic rings. The number of aromatic nitrogens is 2. The summed E-state index contributed by atoms with van der Waals surface area (Å²) in [6, 6.07) is 4.08. The lowest BCUT2D eigenvalue weighted by atomic mass is 9.80. The zero-order valence-corrected chi connectivity index (χ0v) is 12.8. The van der Waals surface area contributed by atoms with Crippen LogP contribution in [0.1, 0.15) is 40.3 Å². The second-order valence-corrected chi connectivity index (χ2v) is 6.40.